The third-order valence-corrected chi connectivity index (χ3v) is 3.35. The molecule has 0 spiro atoms. The summed E-state index contributed by atoms with van der Waals surface area (Å²) in [5, 5.41) is 5.12. The molecule has 1 aliphatic rings. The molecule has 2 rings (SSSR count). The molecule has 0 radical (unpaired) electrons. The first-order valence-corrected chi connectivity index (χ1v) is 6.97. The van der Waals surface area contributed by atoms with Crippen molar-refractivity contribution in [1.82, 2.24) is 10.6 Å². The molecule has 0 aliphatic carbocycles. The lowest BCUT2D eigenvalue weighted by Crippen LogP contribution is -2.40. The van der Waals surface area contributed by atoms with Crippen molar-refractivity contribution in [3.05, 3.63) is 29.8 Å². The Hall–Kier alpha value is -2.37. The van der Waals surface area contributed by atoms with E-state index in [1.807, 2.05) is 24.3 Å². The monoisotopic (exact) mass is 289 g/mol. The number of rotatable bonds is 5. The van der Waals surface area contributed by atoms with Crippen LogP contribution in [0.3, 0.4) is 0 Å². The normalized spacial score (nSPS) is 12.7. The molecule has 6 nitrogen and oxygen atoms in total. The van der Waals surface area contributed by atoms with Crippen LogP contribution in [0.15, 0.2) is 24.3 Å². The van der Waals surface area contributed by atoms with Gasteiger partial charge in [-0.15, -0.1) is 0 Å². The number of benzene rings is 1. The number of nitrogens with one attached hydrogen (secondary N) is 2. The van der Waals surface area contributed by atoms with Crippen molar-refractivity contribution in [3.63, 3.8) is 0 Å². The summed E-state index contributed by atoms with van der Waals surface area (Å²) < 4.78 is 0. The molecule has 1 heterocycles. The summed E-state index contributed by atoms with van der Waals surface area (Å²) in [5.74, 6) is -0.537. The van der Waals surface area contributed by atoms with Gasteiger partial charge in [-0.1, -0.05) is 18.2 Å². The van der Waals surface area contributed by atoms with Crippen LogP contribution in [0.4, 0.5) is 5.69 Å². The van der Waals surface area contributed by atoms with E-state index in [-0.39, 0.29) is 37.2 Å². The van der Waals surface area contributed by atoms with Gasteiger partial charge in [0, 0.05) is 32.1 Å². The number of nitrogens with zero attached hydrogens (tertiary/aromatic N) is 1. The molecule has 112 valence electrons. The van der Waals surface area contributed by atoms with Gasteiger partial charge >= 0.3 is 0 Å². The van der Waals surface area contributed by atoms with E-state index in [0.29, 0.717) is 6.54 Å². The Bertz CT molecular complexity index is 557. The van der Waals surface area contributed by atoms with Crippen molar-refractivity contribution < 1.29 is 14.4 Å². The van der Waals surface area contributed by atoms with Crippen molar-refractivity contribution in [2.75, 3.05) is 24.5 Å². The highest BCUT2D eigenvalue weighted by atomic mass is 16.2. The molecule has 0 saturated carbocycles. The molecule has 6 heteroatoms. The highest BCUT2D eigenvalue weighted by molar-refractivity contribution is 5.98. The molecule has 0 bridgehead atoms. The van der Waals surface area contributed by atoms with Crippen LogP contribution < -0.4 is 15.5 Å². The predicted octanol–water partition coefficient (Wildman–Crippen LogP) is 0.218. The molecule has 0 atom stereocenters. The van der Waals surface area contributed by atoms with Gasteiger partial charge < -0.3 is 15.5 Å². The SMILES string of the molecule is CC(=O)NCCC(=O)NCC(=O)N1CCc2ccccc21. The number of para-hydroxylation sites is 1. The number of carbonyl (C=O) groups is 3. The first-order valence-electron chi connectivity index (χ1n) is 6.97. The van der Waals surface area contributed by atoms with E-state index in [1.54, 1.807) is 4.90 Å². The minimum atomic E-state index is -0.246. The number of hydrogen-bond acceptors (Lipinski definition) is 3. The van der Waals surface area contributed by atoms with E-state index in [0.717, 1.165) is 17.7 Å². The molecule has 0 unspecified atom stereocenters. The fourth-order valence-corrected chi connectivity index (χ4v) is 2.31. The van der Waals surface area contributed by atoms with E-state index in [1.165, 1.54) is 6.92 Å². The lowest BCUT2D eigenvalue weighted by atomic mass is 10.2. The van der Waals surface area contributed by atoms with E-state index < -0.39 is 0 Å². The summed E-state index contributed by atoms with van der Waals surface area (Å²) in [7, 11) is 0. The second-order valence-electron chi connectivity index (χ2n) is 4.93. The van der Waals surface area contributed by atoms with Crippen molar-refractivity contribution in [3.8, 4) is 0 Å². The van der Waals surface area contributed by atoms with Gasteiger partial charge in [0.2, 0.25) is 17.7 Å². The second-order valence-corrected chi connectivity index (χ2v) is 4.93. The van der Waals surface area contributed by atoms with Crippen molar-refractivity contribution in [2.45, 2.75) is 19.8 Å². The van der Waals surface area contributed by atoms with E-state index in [2.05, 4.69) is 10.6 Å². The topological polar surface area (TPSA) is 78.5 Å². The Morgan fingerprint density at radius 1 is 1.19 bits per heavy atom. The summed E-state index contributed by atoms with van der Waals surface area (Å²) in [4.78, 5) is 36.1. The maximum Gasteiger partial charge on any atom is 0.246 e. The van der Waals surface area contributed by atoms with Gasteiger partial charge in [-0.25, -0.2) is 0 Å². The van der Waals surface area contributed by atoms with Gasteiger partial charge in [-0.05, 0) is 18.1 Å². The zero-order chi connectivity index (χ0) is 15.2. The molecule has 0 saturated heterocycles. The predicted molar refractivity (Wildman–Crippen MR) is 78.8 cm³/mol. The maximum absolute atomic E-state index is 12.1. The maximum atomic E-state index is 12.1. The summed E-state index contributed by atoms with van der Waals surface area (Å²) in [6.45, 7) is 2.31. The molecule has 2 N–H and O–H groups in total. The number of fused-ring (bicyclic) bond motifs is 1. The molecular weight excluding hydrogens is 270 g/mol. The van der Waals surface area contributed by atoms with Crippen molar-refractivity contribution in [2.24, 2.45) is 0 Å². The Balaban J connectivity index is 1.78. The first kappa shape index (κ1) is 15.0. The molecule has 3 amide bonds. The molecule has 0 fully saturated rings. The van der Waals surface area contributed by atoms with Crippen LogP contribution in [0, 0.1) is 0 Å². The Morgan fingerprint density at radius 3 is 2.71 bits per heavy atom. The van der Waals surface area contributed by atoms with E-state index in [4.69, 9.17) is 0 Å². The standard InChI is InChI=1S/C15H19N3O3/c1-11(19)16-8-6-14(20)17-10-15(21)18-9-7-12-4-2-3-5-13(12)18/h2-5H,6-10H2,1H3,(H,16,19)(H,17,20). The lowest BCUT2D eigenvalue weighted by Gasteiger charge is -2.17. The summed E-state index contributed by atoms with van der Waals surface area (Å²) >= 11 is 0. The van der Waals surface area contributed by atoms with E-state index in [9.17, 15) is 14.4 Å². The first-order chi connectivity index (χ1) is 10.1. The Labute approximate surface area is 123 Å². The Kier molecular flexibility index (Phi) is 4.92. The molecule has 1 aromatic carbocycles. The molecular formula is C15H19N3O3. The third-order valence-electron chi connectivity index (χ3n) is 3.35. The highest BCUT2D eigenvalue weighted by Crippen LogP contribution is 2.27. The number of carbonyl (C=O) groups excluding carboxylic acids is 3. The highest BCUT2D eigenvalue weighted by Gasteiger charge is 2.23. The average molecular weight is 289 g/mol. The lowest BCUT2D eigenvalue weighted by molar-refractivity contribution is -0.125. The van der Waals surface area contributed by atoms with Crippen LogP contribution in [0.25, 0.3) is 0 Å². The van der Waals surface area contributed by atoms with Crippen LogP contribution in [0.5, 0.6) is 0 Å². The fraction of sp³-hybridized carbons (Fsp3) is 0.400. The quantitative estimate of drug-likeness (QED) is 0.814. The molecule has 0 aromatic heterocycles. The van der Waals surface area contributed by atoms with Gasteiger partial charge in [-0.2, -0.15) is 0 Å². The second kappa shape index (κ2) is 6.88. The average Bonchev–Trinajstić information content (AvgIpc) is 2.88. The van der Waals surface area contributed by atoms with Gasteiger partial charge in [0.05, 0.1) is 6.54 Å². The van der Waals surface area contributed by atoms with Gasteiger partial charge in [-0.3, -0.25) is 14.4 Å². The van der Waals surface area contributed by atoms with Crippen LogP contribution in [-0.4, -0.2) is 37.4 Å². The minimum absolute atomic E-state index is 0.0206. The van der Waals surface area contributed by atoms with Gasteiger partial charge in [0.1, 0.15) is 0 Å². The smallest absolute Gasteiger partial charge is 0.246 e. The zero-order valence-corrected chi connectivity index (χ0v) is 12.0. The zero-order valence-electron chi connectivity index (χ0n) is 12.0. The molecule has 21 heavy (non-hydrogen) atoms. The molecule has 1 aromatic rings. The minimum Gasteiger partial charge on any atom is -0.356 e. The van der Waals surface area contributed by atoms with Crippen LogP contribution in [0.2, 0.25) is 0 Å². The summed E-state index contributed by atoms with van der Waals surface area (Å²) in [6.07, 6.45) is 1.02. The van der Waals surface area contributed by atoms with E-state index >= 15 is 0 Å². The third kappa shape index (κ3) is 4.05. The number of anilines is 1. The summed E-state index contributed by atoms with van der Waals surface area (Å²) in [6, 6.07) is 7.78. The molecule has 1 aliphatic heterocycles. The fourth-order valence-electron chi connectivity index (χ4n) is 2.31. The van der Waals surface area contributed by atoms with Crippen LogP contribution in [0.1, 0.15) is 18.9 Å². The number of hydrogen-bond donors (Lipinski definition) is 2. The van der Waals surface area contributed by atoms with Crippen molar-refractivity contribution >= 4 is 23.4 Å². The van der Waals surface area contributed by atoms with Gasteiger partial charge in [0.25, 0.3) is 0 Å². The van der Waals surface area contributed by atoms with Gasteiger partial charge in [0.15, 0.2) is 0 Å². The van der Waals surface area contributed by atoms with Crippen LogP contribution >= 0.6 is 0 Å². The summed E-state index contributed by atoms with van der Waals surface area (Å²) in [5.41, 5.74) is 2.08. The van der Waals surface area contributed by atoms with Crippen molar-refractivity contribution in [1.29, 1.82) is 0 Å². The Morgan fingerprint density at radius 2 is 1.95 bits per heavy atom. The number of amides is 3. The van der Waals surface area contributed by atoms with Crippen LogP contribution in [-0.2, 0) is 20.8 Å². The largest absolute Gasteiger partial charge is 0.356 e.